The number of aromatic nitrogens is 1. The van der Waals surface area contributed by atoms with E-state index in [0.29, 0.717) is 11.4 Å². The number of rotatable bonds is 3. The van der Waals surface area contributed by atoms with Gasteiger partial charge in [-0.3, -0.25) is 10.1 Å². The molecule has 0 bridgehead atoms. The van der Waals surface area contributed by atoms with Gasteiger partial charge in [0, 0.05) is 23.7 Å². The average Bonchev–Trinajstić information content (AvgIpc) is 2.48. The summed E-state index contributed by atoms with van der Waals surface area (Å²) >= 11 is 0. The number of benzene rings is 1. The summed E-state index contributed by atoms with van der Waals surface area (Å²) in [6, 6.07) is 7.17. The predicted octanol–water partition coefficient (Wildman–Crippen LogP) is 2.31. The zero-order valence-electron chi connectivity index (χ0n) is 11.0. The molecule has 3 rings (SSSR count). The zero-order chi connectivity index (χ0) is 13.9. The standard InChI is InChI=1S/C14H16N4O2/c19-18(20)13-3-1-2-12-11(13)6-9-16-14(12)17-10-4-7-15-8-5-10/h1-3,6,9-10,15H,4-5,7-8H2,(H,16,17). The summed E-state index contributed by atoms with van der Waals surface area (Å²) in [7, 11) is 0. The van der Waals surface area contributed by atoms with Crippen LogP contribution in [0.1, 0.15) is 12.8 Å². The van der Waals surface area contributed by atoms with Crippen LogP contribution in [0.2, 0.25) is 0 Å². The van der Waals surface area contributed by atoms with Crippen molar-refractivity contribution in [1.29, 1.82) is 0 Å². The van der Waals surface area contributed by atoms with Gasteiger partial charge >= 0.3 is 0 Å². The predicted molar refractivity (Wildman–Crippen MR) is 77.9 cm³/mol. The molecule has 2 aromatic rings. The van der Waals surface area contributed by atoms with E-state index in [4.69, 9.17) is 0 Å². The fourth-order valence-electron chi connectivity index (χ4n) is 2.62. The molecule has 1 aromatic heterocycles. The number of hydrogen-bond acceptors (Lipinski definition) is 5. The van der Waals surface area contributed by atoms with Crippen LogP contribution in [-0.4, -0.2) is 29.0 Å². The number of hydrogen-bond donors (Lipinski definition) is 2. The number of fused-ring (bicyclic) bond motifs is 1. The minimum absolute atomic E-state index is 0.123. The highest BCUT2D eigenvalue weighted by Gasteiger charge is 2.17. The number of pyridine rings is 1. The Morgan fingerprint density at radius 1 is 1.25 bits per heavy atom. The summed E-state index contributed by atoms with van der Waals surface area (Å²) in [5.74, 6) is 0.734. The monoisotopic (exact) mass is 272 g/mol. The summed E-state index contributed by atoms with van der Waals surface area (Å²) in [4.78, 5) is 15.1. The van der Waals surface area contributed by atoms with Gasteiger partial charge in [-0.05, 0) is 32.0 Å². The molecule has 0 amide bonds. The first kappa shape index (κ1) is 12.8. The molecule has 104 valence electrons. The van der Waals surface area contributed by atoms with Crippen molar-refractivity contribution in [3.05, 3.63) is 40.6 Å². The molecule has 1 aliphatic heterocycles. The first-order valence-electron chi connectivity index (χ1n) is 6.75. The average molecular weight is 272 g/mol. The third-order valence-electron chi connectivity index (χ3n) is 3.66. The Hall–Kier alpha value is -2.21. The van der Waals surface area contributed by atoms with E-state index in [0.717, 1.165) is 37.1 Å². The highest BCUT2D eigenvalue weighted by atomic mass is 16.6. The molecule has 0 atom stereocenters. The minimum atomic E-state index is -0.351. The molecule has 1 aromatic carbocycles. The van der Waals surface area contributed by atoms with E-state index in [1.54, 1.807) is 18.3 Å². The fraction of sp³-hybridized carbons (Fsp3) is 0.357. The van der Waals surface area contributed by atoms with E-state index < -0.39 is 0 Å². The molecule has 0 unspecified atom stereocenters. The lowest BCUT2D eigenvalue weighted by Crippen LogP contribution is -2.35. The van der Waals surface area contributed by atoms with Gasteiger partial charge < -0.3 is 10.6 Å². The molecule has 1 saturated heterocycles. The quantitative estimate of drug-likeness (QED) is 0.662. The van der Waals surface area contributed by atoms with Crippen molar-refractivity contribution < 1.29 is 4.92 Å². The normalized spacial score (nSPS) is 16.2. The molecule has 0 aliphatic carbocycles. The molecule has 6 nitrogen and oxygen atoms in total. The van der Waals surface area contributed by atoms with Gasteiger partial charge in [0.1, 0.15) is 5.82 Å². The van der Waals surface area contributed by atoms with Crippen LogP contribution >= 0.6 is 0 Å². The molecule has 20 heavy (non-hydrogen) atoms. The van der Waals surface area contributed by atoms with Gasteiger partial charge in [0.25, 0.3) is 5.69 Å². The molecule has 6 heteroatoms. The third-order valence-corrected chi connectivity index (χ3v) is 3.66. The van der Waals surface area contributed by atoms with Crippen molar-refractivity contribution in [1.82, 2.24) is 10.3 Å². The number of nitrogens with zero attached hydrogens (tertiary/aromatic N) is 2. The third kappa shape index (κ3) is 2.42. The highest BCUT2D eigenvalue weighted by molar-refractivity contribution is 5.97. The first-order valence-corrected chi connectivity index (χ1v) is 6.75. The van der Waals surface area contributed by atoms with Gasteiger partial charge in [-0.1, -0.05) is 12.1 Å². The smallest absolute Gasteiger partial charge is 0.277 e. The van der Waals surface area contributed by atoms with E-state index >= 15 is 0 Å². The molecular weight excluding hydrogens is 256 g/mol. The van der Waals surface area contributed by atoms with Crippen LogP contribution in [0.4, 0.5) is 11.5 Å². The first-order chi connectivity index (χ1) is 9.75. The van der Waals surface area contributed by atoms with Crippen molar-refractivity contribution in [3.8, 4) is 0 Å². The van der Waals surface area contributed by atoms with Crippen molar-refractivity contribution in [2.75, 3.05) is 18.4 Å². The second-order valence-electron chi connectivity index (χ2n) is 4.96. The Morgan fingerprint density at radius 2 is 2.05 bits per heavy atom. The molecule has 1 aliphatic rings. The maximum absolute atomic E-state index is 11.1. The lowest BCUT2D eigenvalue weighted by molar-refractivity contribution is -0.383. The van der Waals surface area contributed by atoms with Crippen LogP contribution in [0, 0.1) is 10.1 Å². The molecule has 1 fully saturated rings. The maximum Gasteiger partial charge on any atom is 0.277 e. The lowest BCUT2D eigenvalue weighted by atomic mass is 10.1. The van der Waals surface area contributed by atoms with Gasteiger partial charge in [0.05, 0.1) is 10.3 Å². The number of non-ortho nitro benzene ring substituents is 1. The number of piperidine rings is 1. The van der Waals surface area contributed by atoms with Crippen LogP contribution in [0.15, 0.2) is 30.5 Å². The number of anilines is 1. The molecule has 2 N–H and O–H groups in total. The van der Waals surface area contributed by atoms with Crippen LogP contribution in [0.25, 0.3) is 10.8 Å². The van der Waals surface area contributed by atoms with Crippen LogP contribution in [0.3, 0.4) is 0 Å². The maximum atomic E-state index is 11.1. The van der Waals surface area contributed by atoms with E-state index in [-0.39, 0.29) is 10.6 Å². The van der Waals surface area contributed by atoms with Gasteiger partial charge in [-0.15, -0.1) is 0 Å². The molecule has 2 heterocycles. The topological polar surface area (TPSA) is 80.1 Å². The number of nitro benzene ring substituents is 1. The van der Waals surface area contributed by atoms with E-state index in [1.807, 2.05) is 6.07 Å². The summed E-state index contributed by atoms with van der Waals surface area (Å²) in [6.45, 7) is 1.98. The SMILES string of the molecule is O=[N+]([O-])c1cccc2c(NC3CCNCC3)nccc12. The second-order valence-corrected chi connectivity index (χ2v) is 4.96. The van der Waals surface area contributed by atoms with Gasteiger partial charge in [0.2, 0.25) is 0 Å². The van der Waals surface area contributed by atoms with Crippen molar-refractivity contribution >= 4 is 22.3 Å². The largest absolute Gasteiger partial charge is 0.367 e. The van der Waals surface area contributed by atoms with Crippen molar-refractivity contribution in [3.63, 3.8) is 0 Å². The summed E-state index contributed by atoms with van der Waals surface area (Å²) in [6.07, 6.45) is 3.69. The molecule has 0 radical (unpaired) electrons. The Morgan fingerprint density at radius 3 is 2.80 bits per heavy atom. The minimum Gasteiger partial charge on any atom is -0.367 e. The second kappa shape index (κ2) is 5.42. The Labute approximate surface area is 116 Å². The fourth-order valence-corrected chi connectivity index (χ4v) is 2.62. The Kier molecular flexibility index (Phi) is 3.47. The Balaban J connectivity index is 1.98. The van der Waals surface area contributed by atoms with E-state index in [1.165, 1.54) is 6.07 Å². The highest BCUT2D eigenvalue weighted by Crippen LogP contribution is 2.29. The molecule has 0 saturated carbocycles. The van der Waals surface area contributed by atoms with Crippen molar-refractivity contribution in [2.24, 2.45) is 0 Å². The van der Waals surface area contributed by atoms with Crippen molar-refractivity contribution in [2.45, 2.75) is 18.9 Å². The number of nitro groups is 1. The summed E-state index contributed by atoms with van der Waals surface area (Å²) in [5, 5.41) is 19.2. The molecular formula is C14H16N4O2. The number of nitrogens with one attached hydrogen (secondary N) is 2. The zero-order valence-corrected chi connectivity index (χ0v) is 11.0. The van der Waals surface area contributed by atoms with Crippen LogP contribution < -0.4 is 10.6 Å². The van der Waals surface area contributed by atoms with Gasteiger partial charge in [-0.2, -0.15) is 0 Å². The van der Waals surface area contributed by atoms with Crippen LogP contribution in [0.5, 0.6) is 0 Å². The van der Waals surface area contributed by atoms with Gasteiger partial charge in [-0.25, -0.2) is 4.98 Å². The van der Waals surface area contributed by atoms with E-state index in [2.05, 4.69) is 15.6 Å². The summed E-state index contributed by atoms with van der Waals surface area (Å²) in [5.41, 5.74) is 0.123. The van der Waals surface area contributed by atoms with Gasteiger partial charge in [0.15, 0.2) is 0 Å². The lowest BCUT2D eigenvalue weighted by Gasteiger charge is -2.24. The summed E-state index contributed by atoms with van der Waals surface area (Å²) < 4.78 is 0. The van der Waals surface area contributed by atoms with E-state index in [9.17, 15) is 10.1 Å². The van der Waals surface area contributed by atoms with Crippen LogP contribution in [-0.2, 0) is 0 Å². The molecule has 0 spiro atoms. The Bertz CT molecular complexity index is 638.